The molecular formula is C11H18. The van der Waals surface area contributed by atoms with Gasteiger partial charge in [-0.2, -0.15) is 0 Å². The van der Waals surface area contributed by atoms with E-state index in [4.69, 9.17) is 0 Å². The molecule has 0 unspecified atom stereocenters. The van der Waals surface area contributed by atoms with E-state index in [-0.39, 0.29) is 0 Å². The van der Waals surface area contributed by atoms with Crippen LogP contribution in [0.25, 0.3) is 0 Å². The summed E-state index contributed by atoms with van der Waals surface area (Å²) in [5.41, 5.74) is 3.82. The molecule has 0 heteroatoms. The van der Waals surface area contributed by atoms with E-state index in [9.17, 15) is 0 Å². The SMILES string of the molecule is C=CC(C(=C)C)=C(CC)CC. The Morgan fingerprint density at radius 2 is 1.73 bits per heavy atom. The van der Waals surface area contributed by atoms with Crippen molar-refractivity contribution in [2.75, 3.05) is 0 Å². The second-order valence-electron chi connectivity index (χ2n) is 2.71. The van der Waals surface area contributed by atoms with Gasteiger partial charge in [-0.05, 0) is 25.3 Å². The zero-order chi connectivity index (χ0) is 8.85. The van der Waals surface area contributed by atoms with Gasteiger partial charge in [0.1, 0.15) is 0 Å². The van der Waals surface area contributed by atoms with Gasteiger partial charge in [-0.3, -0.25) is 0 Å². The van der Waals surface area contributed by atoms with Crippen LogP contribution in [0.1, 0.15) is 33.6 Å². The quantitative estimate of drug-likeness (QED) is 0.534. The number of allylic oxidation sites excluding steroid dienone is 4. The van der Waals surface area contributed by atoms with Gasteiger partial charge in [-0.1, -0.05) is 44.2 Å². The molecule has 0 aromatic carbocycles. The fourth-order valence-corrected chi connectivity index (χ4v) is 1.25. The van der Waals surface area contributed by atoms with Gasteiger partial charge in [-0.15, -0.1) is 0 Å². The van der Waals surface area contributed by atoms with Crippen molar-refractivity contribution in [3.63, 3.8) is 0 Å². The molecule has 0 aliphatic heterocycles. The molecule has 0 rings (SSSR count). The Morgan fingerprint density at radius 1 is 1.27 bits per heavy atom. The first-order valence-corrected chi connectivity index (χ1v) is 4.17. The van der Waals surface area contributed by atoms with E-state index in [0.29, 0.717) is 0 Å². The molecule has 0 radical (unpaired) electrons. The van der Waals surface area contributed by atoms with Crippen LogP contribution >= 0.6 is 0 Å². The van der Waals surface area contributed by atoms with Crippen molar-refractivity contribution in [3.8, 4) is 0 Å². The van der Waals surface area contributed by atoms with Gasteiger partial charge in [0.05, 0.1) is 0 Å². The number of hydrogen-bond donors (Lipinski definition) is 0. The monoisotopic (exact) mass is 150 g/mol. The molecular weight excluding hydrogens is 132 g/mol. The Bertz CT molecular complexity index is 176. The summed E-state index contributed by atoms with van der Waals surface area (Å²) in [4.78, 5) is 0. The van der Waals surface area contributed by atoms with Gasteiger partial charge < -0.3 is 0 Å². The summed E-state index contributed by atoms with van der Waals surface area (Å²) < 4.78 is 0. The third-order valence-electron chi connectivity index (χ3n) is 1.90. The lowest BCUT2D eigenvalue weighted by molar-refractivity contribution is 0.960. The predicted octanol–water partition coefficient (Wildman–Crippen LogP) is 3.87. The zero-order valence-corrected chi connectivity index (χ0v) is 7.91. The molecule has 0 fully saturated rings. The molecule has 0 saturated heterocycles. The van der Waals surface area contributed by atoms with Crippen molar-refractivity contribution in [1.82, 2.24) is 0 Å². The highest BCUT2D eigenvalue weighted by molar-refractivity contribution is 5.39. The molecule has 0 nitrogen and oxygen atoms in total. The van der Waals surface area contributed by atoms with Crippen LogP contribution in [0.15, 0.2) is 36.0 Å². The minimum atomic E-state index is 1.10. The summed E-state index contributed by atoms with van der Waals surface area (Å²) in [7, 11) is 0. The standard InChI is InChI=1S/C11H18/c1-6-10(7-2)11(8-3)9(4)5/h8H,3-4,6-7H2,1-2,5H3. The summed E-state index contributed by atoms with van der Waals surface area (Å²) in [6.45, 7) is 14.1. The van der Waals surface area contributed by atoms with Crippen molar-refractivity contribution in [2.24, 2.45) is 0 Å². The van der Waals surface area contributed by atoms with E-state index in [1.807, 2.05) is 13.0 Å². The van der Waals surface area contributed by atoms with E-state index < -0.39 is 0 Å². The Hall–Kier alpha value is -0.780. The maximum Gasteiger partial charge on any atom is -0.0247 e. The first-order valence-electron chi connectivity index (χ1n) is 4.17. The minimum Gasteiger partial charge on any atom is -0.0985 e. The molecule has 0 N–H and O–H groups in total. The van der Waals surface area contributed by atoms with Crippen LogP contribution < -0.4 is 0 Å². The van der Waals surface area contributed by atoms with Gasteiger partial charge in [0.25, 0.3) is 0 Å². The maximum absolute atomic E-state index is 3.91. The summed E-state index contributed by atoms with van der Waals surface area (Å²) in [5.74, 6) is 0. The van der Waals surface area contributed by atoms with Crippen molar-refractivity contribution < 1.29 is 0 Å². The fraction of sp³-hybridized carbons (Fsp3) is 0.455. The van der Waals surface area contributed by atoms with Crippen LogP contribution in [0.5, 0.6) is 0 Å². The normalized spacial score (nSPS) is 9.00. The molecule has 0 atom stereocenters. The Kier molecular flexibility index (Phi) is 4.60. The molecule has 0 bridgehead atoms. The zero-order valence-electron chi connectivity index (χ0n) is 7.91. The molecule has 62 valence electrons. The molecule has 0 aromatic heterocycles. The Labute approximate surface area is 70.3 Å². The highest BCUT2D eigenvalue weighted by Crippen LogP contribution is 2.19. The van der Waals surface area contributed by atoms with Crippen molar-refractivity contribution in [3.05, 3.63) is 36.0 Å². The van der Waals surface area contributed by atoms with Crippen LogP contribution in [0.3, 0.4) is 0 Å². The van der Waals surface area contributed by atoms with Gasteiger partial charge in [0.15, 0.2) is 0 Å². The average Bonchev–Trinajstić information content (AvgIpc) is 1.99. The number of rotatable bonds is 4. The van der Waals surface area contributed by atoms with Crippen molar-refractivity contribution in [2.45, 2.75) is 33.6 Å². The van der Waals surface area contributed by atoms with Crippen LogP contribution in [0.2, 0.25) is 0 Å². The topological polar surface area (TPSA) is 0 Å². The van der Waals surface area contributed by atoms with Crippen molar-refractivity contribution in [1.29, 1.82) is 0 Å². The molecule has 0 aliphatic rings. The summed E-state index contributed by atoms with van der Waals surface area (Å²) in [6, 6.07) is 0. The van der Waals surface area contributed by atoms with Crippen LogP contribution in [-0.2, 0) is 0 Å². The third-order valence-corrected chi connectivity index (χ3v) is 1.90. The van der Waals surface area contributed by atoms with E-state index in [1.165, 1.54) is 11.1 Å². The largest absolute Gasteiger partial charge is 0.0985 e. The van der Waals surface area contributed by atoms with Crippen LogP contribution in [-0.4, -0.2) is 0 Å². The molecule has 0 spiro atoms. The van der Waals surface area contributed by atoms with Crippen molar-refractivity contribution >= 4 is 0 Å². The molecule has 0 aliphatic carbocycles. The average molecular weight is 150 g/mol. The first-order chi connectivity index (χ1) is 5.17. The molecule has 0 saturated carbocycles. The lowest BCUT2D eigenvalue weighted by atomic mass is 9.98. The molecule has 0 amide bonds. The second-order valence-corrected chi connectivity index (χ2v) is 2.71. The molecule has 0 aromatic rings. The maximum atomic E-state index is 3.91. The van der Waals surface area contributed by atoms with E-state index in [1.54, 1.807) is 0 Å². The third kappa shape index (κ3) is 2.75. The lowest BCUT2D eigenvalue weighted by Crippen LogP contribution is -1.87. The van der Waals surface area contributed by atoms with E-state index in [2.05, 4.69) is 27.0 Å². The fourth-order valence-electron chi connectivity index (χ4n) is 1.25. The lowest BCUT2D eigenvalue weighted by Gasteiger charge is -2.07. The molecule has 0 heterocycles. The minimum absolute atomic E-state index is 1.10. The first kappa shape index (κ1) is 10.2. The number of hydrogen-bond acceptors (Lipinski definition) is 0. The second kappa shape index (κ2) is 4.95. The summed E-state index contributed by atoms with van der Waals surface area (Å²) in [6.07, 6.45) is 4.11. The highest BCUT2D eigenvalue weighted by atomic mass is 14.0. The van der Waals surface area contributed by atoms with Gasteiger partial charge >= 0.3 is 0 Å². The summed E-state index contributed by atoms with van der Waals surface area (Å²) >= 11 is 0. The van der Waals surface area contributed by atoms with Gasteiger partial charge in [0.2, 0.25) is 0 Å². The van der Waals surface area contributed by atoms with E-state index in [0.717, 1.165) is 18.4 Å². The van der Waals surface area contributed by atoms with Crippen LogP contribution in [0.4, 0.5) is 0 Å². The Balaban J connectivity index is 4.77. The van der Waals surface area contributed by atoms with Crippen LogP contribution in [0, 0.1) is 0 Å². The van der Waals surface area contributed by atoms with Gasteiger partial charge in [0, 0.05) is 0 Å². The Morgan fingerprint density at radius 3 is 1.82 bits per heavy atom. The van der Waals surface area contributed by atoms with E-state index >= 15 is 0 Å². The summed E-state index contributed by atoms with van der Waals surface area (Å²) in [5, 5.41) is 0. The predicted molar refractivity (Wildman–Crippen MR) is 52.6 cm³/mol. The molecule has 11 heavy (non-hydrogen) atoms. The van der Waals surface area contributed by atoms with Gasteiger partial charge in [-0.25, -0.2) is 0 Å². The smallest absolute Gasteiger partial charge is 0.0247 e. The highest BCUT2D eigenvalue weighted by Gasteiger charge is 1.99.